The van der Waals surface area contributed by atoms with E-state index < -0.39 is 10.0 Å². The summed E-state index contributed by atoms with van der Waals surface area (Å²) in [5, 5.41) is 0.563. The van der Waals surface area contributed by atoms with Crippen LogP contribution in [0.2, 0.25) is 10.0 Å². The van der Waals surface area contributed by atoms with E-state index in [0.29, 0.717) is 37.1 Å². The number of halogens is 2. The lowest BCUT2D eigenvalue weighted by molar-refractivity contribution is 0.181. The molecule has 1 aliphatic heterocycles. The quantitative estimate of drug-likeness (QED) is 0.699. The molecule has 0 aliphatic carbocycles. The third-order valence-corrected chi connectivity index (χ3v) is 7.51. The minimum absolute atomic E-state index is 0.0781. The van der Waals surface area contributed by atoms with Crippen LogP contribution in [0.25, 0.3) is 0 Å². The number of hydrogen-bond acceptors (Lipinski definition) is 3. The molecule has 1 fully saturated rings. The molecule has 0 spiro atoms. The van der Waals surface area contributed by atoms with E-state index in [1.807, 2.05) is 0 Å². The molecule has 0 radical (unpaired) electrons. The first-order chi connectivity index (χ1) is 12.8. The Kier molecular flexibility index (Phi) is 6.49. The van der Waals surface area contributed by atoms with Gasteiger partial charge in [-0.1, -0.05) is 61.3 Å². The van der Waals surface area contributed by atoms with Gasteiger partial charge in [0.15, 0.2) is 0 Å². The number of hydrogen-bond donors (Lipinski definition) is 0. The zero-order chi connectivity index (χ0) is 19.6. The molecule has 1 heterocycles. The lowest BCUT2D eigenvalue weighted by Crippen LogP contribution is -2.48. The SMILES string of the molecule is CC(C)c1ccc(CN2CCN(S(=O)(=O)c3cc(Cl)ccc3Cl)CC2)cc1. The van der Waals surface area contributed by atoms with Gasteiger partial charge in [0.05, 0.1) is 5.02 Å². The maximum atomic E-state index is 12.9. The number of benzene rings is 2. The summed E-state index contributed by atoms with van der Waals surface area (Å²) in [5.41, 5.74) is 2.57. The number of nitrogens with zero attached hydrogens (tertiary/aromatic N) is 2. The van der Waals surface area contributed by atoms with E-state index in [0.717, 1.165) is 6.54 Å². The van der Waals surface area contributed by atoms with Crippen LogP contribution in [-0.4, -0.2) is 43.8 Å². The lowest BCUT2D eigenvalue weighted by atomic mass is 10.0. The van der Waals surface area contributed by atoms with Crippen LogP contribution in [0.3, 0.4) is 0 Å². The zero-order valence-electron chi connectivity index (χ0n) is 15.5. The minimum Gasteiger partial charge on any atom is -0.296 e. The Bertz CT molecular complexity index is 891. The van der Waals surface area contributed by atoms with Gasteiger partial charge < -0.3 is 0 Å². The molecule has 3 rings (SSSR count). The van der Waals surface area contributed by atoms with Gasteiger partial charge in [-0.05, 0) is 35.2 Å². The van der Waals surface area contributed by atoms with Gasteiger partial charge in [-0.2, -0.15) is 4.31 Å². The average Bonchev–Trinajstić information content (AvgIpc) is 2.64. The van der Waals surface area contributed by atoms with E-state index in [1.54, 1.807) is 6.07 Å². The number of sulfonamides is 1. The molecule has 0 N–H and O–H groups in total. The summed E-state index contributed by atoms with van der Waals surface area (Å²) in [6, 6.07) is 13.2. The average molecular weight is 427 g/mol. The van der Waals surface area contributed by atoms with Crippen LogP contribution in [-0.2, 0) is 16.6 Å². The largest absolute Gasteiger partial charge is 0.296 e. The van der Waals surface area contributed by atoms with E-state index in [9.17, 15) is 8.42 Å². The normalized spacial score (nSPS) is 16.8. The lowest BCUT2D eigenvalue weighted by Gasteiger charge is -2.34. The molecule has 1 aliphatic rings. The third-order valence-electron chi connectivity index (χ3n) is 4.89. The molecule has 0 amide bonds. The van der Waals surface area contributed by atoms with E-state index in [4.69, 9.17) is 23.2 Å². The Morgan fingerprint density at radius 2 is 1.59 bits per heavy atom. The van der Waals surface area contributed by atoms with Gasteiger partial charge in [0, 0.05) is 37.7 Å². The molecule has 7 heteroatoms. The van der Waals surface area contributed by atoms with Crippen molar-refractivity contribution >= 4 is 33.2 Å². The Morgan fingerprint density at radius 1 is 0.963 bits per heavy atom. The molecule has 0 bridgehead atoms. The predicted molar refractivity (Wildman–Crippen MR) is 111 cm³/mol. The smallest absolute Gasteiger partial charge is 0.244 e. The molecule has 1 saturated heterocycles. The second-order valence-corrected chi connectivity index (χ2v) is 9.90. The fraction of sp³-hybridized carbons (Fsp3) is 0.400. The van der Waals surface area contributed by atoms with E-state index in [2.05, 4.69) is 43.0 Å². The summed E-state index contributed by atoms with van der Waals surface area (Å²) in [6.45, 7) is 7.43. The van der Waals surface area contributed by atoms with Gasteiger partial charge in [-0.3, -0.25) is 4.90 Å². The van der Waals surface area contributed by atoms with Crippen molar-refractivity contribution in [1.29, 1.82) is 0 Å². The van der Waals surface area contributed by atoms with Crippen molar-refractivity contribution in [3.05, 3.63) is 63.6 Å². The van der Waals surface area contributed by atoms with Crippen LogP contribution in [0.15, 0.2) is 47.4 Å². The highest BCUT2D eigenvalue weighted by molar-refractivity contribution is 7.89. The van der Waals surface area contributed by atoms with Crippen LogP contribution in [0, 0.1) is 0 Å². The highest BCUT2D eigenvalue weighted by atomic mass is 35.5. The maximum Gasteiger partial charge on any atom is 0.244 e. The van der Waals surface area contributed by atoms with Crippen molar-refractivity contribution < 1.29 is 8.42 Å². The molecule has 0 atom stereocenters. The molecular weight excluding hydrogens is 403 g/mol. The van der Waals surface area contributed by atoms with Gasteiger partial charge in [0.25, 0.3) is 0 Å². The maximum absolute atomic E-state index is 12.9. The molecule has 146 valence electrons. The number of rotatable bonds is 5. The summed E-state index contributed by atoms with van der Waals surface area (Å²) in [6.07, 6.45) is 0. The topological polar surface area (TPSA) is 40.6 Å². The Hall–Kier alpha value is -1.11. The molecule has 0 unspecified atom stereocenters. The molecular formula is C20H24Cl2N2O2S. The van der Waals surface area contributed by atoms with Crippen molar-refractivity contribution in [1.82, 2.24) is 9.21 Å². The van der Waals surface area contributed by atoms with Crippen LogP contribution in [0.4, 0.5) is 0 Å². The summed E-state index contributed by atoms with van der Waals surface area (Å²) in [4.78, 5) is 2.35. The van der Waals surface area contributed by atoms with Crippen molar-refractivity contribution in [2.75, 3.05) is 26.2 Å². The van der Waals surface area contributed by atoms with Crippen molar-refractivity contribution in [2.24, 2.45) is 0 Å². The second-order valence-electron chi connectivity index (χ2n) is 7.15. The molecule has 2 aromatic carbocycles. The summed E-state index contributed by atoms with van der Waals surface area (Å²) >= 11 is 12.1. The first-order valence-corrected chi connectivity index (χ1v) is 11.2. The number of piperazine rings is 1. The van der Waals surface area contributed by atoms with Gasteiger partial charge in [-0.25, -0.2) is 8.42 Å². The Balaban J connectivity index is 1.63. The van der Waals surface area contributed by atoms with Crippen molar-refractivity contribution in [3.63, 3.8) is 0 Å². The first-order valence-electron chi connectivity index (χ1n) is 9.04. The molecule has 2 aromatic rings. The monoisotopic (exact) mass is 426 g/mol. The Morgan fingerprint density at radius 3 is 2.19 bits per heavy atom. The summed E-state index contributed by atoms with van der Waals surface area (Å²) in [7, 11) is -3.64. The second kappa shape index (κ2) is 8.50. The summed E-state index contributed by atoms with van der Waals surface area (Å²) < 4.78 is 27.3. The first kappa shape index (κ1) is 20.6. The van der Waals surface area contributed by atoms with Crippen molar-refractivity contribution in [2.45, 2.75) is 31.2 Å². The highest BCUT2D eigenvalue weighted by Gasteiger charge is 2.30. The van der Waals surface area contributed by atoms with Crippen molar-refractivity contribution in [3.8, 4) is 0 Å². The predicted octanol–water partition coefficient (Wildman–Crippen LogP) is 4.62. The van der Waals surface area contributed by atoms with E-state index in [-0.39, 0.29) is 9.92 Å². The van der Waals surface area contributed by atoms with Crippen LogP contribution >= 0.6 is 23.2 Å². The fourth-order valence-electron chi connectivity index (χ4n) is 3.21. The molecule has 0 saturated carbocycles. The molecule has 4 nitrogen and oxygen atoms in total. The third kappa shape index (κ3) is 4.84. The van der Waals surface area contributed by atoms with Crippen LogP contribution < -0.4 is 0 Å². The zero-order valence-corrected chi connectivity index (χ0v) is 17.9. The van der Waals surface area contributed by atoms with E-state index >= 15 is 0 Å². The molecule has 27 heavy (non-hydrogen) atoms. The van der Waals surface area contributed by atoms with Gasteiger partial charge in [0.2, 0.25) is 10.0 Å². The Labute approximate surface area is 171 Å². The standard InChI is InChI=1S/C20H24Cl2N2O2S/c1-15(2)17-5-3-16(4-6-17)14-23-9-11-24(12-10-23)27(25,26)20-13-18(21)7-8-19(20)22/h3-8,13,15H,9-12,14H2,1-2H3. The van der Waals surface area contributed by atoms with Gasteiger partial charge >= 0.3 is 0 Å². The minimum atomic E-state index is -3.64. The van der Waals surface area contributed by atoms with Crippen LogP contribution in [0.1, 0.15) is 30.9 Å². The highest BCUT2D eigenvalue weighted by Crippen LogP contribution is 2.28. The van der Waals surface area contributed by atoms with Gasteiger partial charge in [0.1, 0.15) is 4.90 Å². The summed E-state index contributed by atoms with van der Waals surface area (Å²) in [5.74, 6) is 0.520. The molecule has 0 aromatic heterocycles. The fourth-order valence-corrected chi connectivity index (χ4v) is 5.37. The van der Waals surface area contributed by atoms with E-state index in [1.165, 1.54) is 27.6 Å². The van der Waals surface area contributed by atoms with Gasteiger partial charge in [-0.15, -0.1) is 0 Å². The van der Waals surface area contributed by atoms with Crippen LogP contribution in [0.5, 0.6) is 0 Å².